The van der Waals surface area contributed by atoms with Crippen LogP contribution in [0, 0.1) is 0 Å². The Morgan fingerprint density at radius 1 is 1.17 bits per heavy atom. The predicted octanol–water partition coefficient (Wildman–Crippen LogP) is 3.04. The van der Waals surface area contributed by atoms with E-state index in [1.165, 1.54) is 24.8 Å². The molecule has 1 saturated carbocycles. The number of nitrogens with one attached hydrogen (secondary N) is 3. The number of halogens is 1. The van der Waals surface area contributed by atoms with Crippen molar-refractivity contribution in [3.05, 3.63) is 48.3 Å². The quantitative estimate of drug-likeness (QED) is 0.282. The number of carbonyl (C=O) groups excluding carboxylic acids is 1. The lowest BCUT2D eigenvalue weighted by Gasteiger charge is -2.22. The fourth-order valence-electron chi connectivity index (χ4n) is 3.57. The molecule has 0 aliphatic heterocycles. The van der Waals surface area contributed by atoms with E-state index in [2.05, 4.69) is 50.3 Å². The van der Waals surface area contributed by atoms with Crippen molar-refractivity contribution in [2.24, 2.45) is 4.99 Å². The Bertz CT molecular complexity index is 769. The molecule has 0 radical (unpaired) electrons. The van der Waals surface area contributed by atoms with Crippen LogP contribution in [0.3, 0.4) is 0 Å². The molecule has 1 aromatic heterocycles. The van der Waals surface area contributed by atoms with E-state index in [1.807, 2.05) is 23.9 Å². The molecule has 0 saturated heterocycles. The van der Waals surface area contributed by atoms with Crippen LogP contribution in [0.5, 0.6) is 0 Å². The summed E-state index contributed by atoms with van der Waals surface area (Å²) in [4.78, 5) is 16.6. The molecule has 3 N–H and O–H groups in total. The second-order valence-corrected chi connectivity index (χ2v) is 7.39. The summed E-state index contributed by atoms with van der Waals surface area (Å²) in [5.41, 5.74) is 2.28. The summed E-state index contributed by atoms with van der Waals surface area (Å²) in [5.74, 6) is 0.683. The van der Waals surface area contributed by atoms with Gasteiger partial charge in [0, 0.05) is 31.5 Å². The normalized spacial score (nSPS) is 14.6. The van der Waals surface area contributed by atoms with E-state index in [-0.39, 0.29) is 36.4 Å². The molecule has 0 atom stereocenters. The molecule has 7 nitrogen and oxygen atoms in total. The van der Waals surface area contributed by atoms with Gasteiger partial charge >= 0.3 is 0 Å². The summed E-state index contributed by atoms with van der Waals surface area (Å²) in [7, 11) is 0. The van der Waals surface area contributed by atoms with Gasteiger partial charge in [-0.15, -0.1) is 24.0 Å². The highest BCUT2D eigenvalue weighted by atomic mass is 127. The van der Waals surface area contributed by atoms with Crippen molar-refractivity contribution in [2.75, 3.05) is 19.6 Å². The van der Waals surface area contributed by atoms with E-state index in [1.54, 1.807) is 6.20 Å². The number of rotatable bonds is 8. The number of nitrogens with zero attached hydrogens (tertiary/aromatic N) is 3. The predicted molar refractivity (Wildman–Crippen MR) is 132 cm³/mol. The molecule has 1 aliphatic carbocycles. The highest BCUT2D eigenvalue weighted by Gasteiger charge is 2.15. The van der Waals surface area contributed by atoms with E-state index in [0.29, 0.717) is 12.0 Å². The van der Waals surface area contributed by atoms with E-state index < -0.39 is 0 Å². The maximum atomic E-state index is 12.2. The third-order valence-electron chi connectivity index (χ3n) is 5.11. The van der Waals surface area contributed by atoms with Gasteiger partial charge in [0.2, 0.25) is 5.91 Å². The standard InChI is InChI=1S/C22H32N6O.HI/c1-2-23-22(25-17-21(29)27-19-7-4-3-5-8-19)24-15-13-18-9-11-20(12-10-18)28-16-6-14-26-28;/h6,9-12,14,16,19H,2-5,7-8,13,15,17H2,1H3,(H,27,29)(H2,23,24,25);1H. The minimum atomic E-state index is 0. The maximum Gasteiger partial charge on any atom is 0.242 e. The van der Waals surface area contributed by atoms with Crippen LogP contribution in [0.15, 0.2) is 47.7 Å². The fourth-order valence-corrected chi connectivity index (χ4v) is 3.57. The first-order valence-electron chi connectivity index (χ1n) is 10.6. The molecule has 1 aromatic carbocycles. The molecule has 0 bridgehead atoms. The fraction of sp³-hybridized carbons (Fsp3) is 0.500. The zero-order valence-corrected chi connectivity index (χ0v) is 20.0. The number of benzene rings is 1. The maximum absolute atomic E-state index is 12.2. The Kier molecular flexibility index (Phi) is 10.7. The molecule has 2 aromatic rings. The topological polar surface area (TPSA) is 83.3 Å². The Morgan fingerprint density at radius 2 is 1.93 bits per heavy atom. The van der Waals surface area contributed by atoms with Crippen molar-refractivity contribution in [3.8, 4) is 5.69 Å². The Labute approximate surface area is 196 Å². The van der Waals surface area contributed by atoms with Gasteiger partial charge in [-0.05, 0) is 49.9 Å². The first-order valence-corrected chi connectivity index (χ1v) is 10.6. The molecule has 1 fully saturated rings. The smallest absolute Gasteiger partial charge is 0.242 e. The molecule has 30 heavy (non-hydrogen) atoms. The monoisotopic (exact) mass is 524 g/mol. The van der Waals surface area contributed by atoms with Crippen LogP contribution < -0.4 is 16.0 Å². The number of aromatic nitrogens is 2. The number of amides is 1. The summed E-state index contributed by atoms with van der Waals surface area (Å²) in [5, 5.41) is 13.9. The Morgan fingerprint density at radius 3 is 2.60 bits per heavy atom. The van der Waals surface area contributed by atoms with Gasteiger partial charge in [0.25, 0.3) is 0 Å². The third-order valence-corrected chi connectivity index (χ3v) is 5.11. The van der Waals surface area contributed by atoms with E-state index >= 15 is 0 Å². The van der Waals surface area contributed by atoms with E-state index in [9.17, 15) is 4.79 Å². The van der Waals surface area contributed by atoms with Gasteiger partial charge in [-0.25, -0.2) is 9.67 Å². The van der Waals surface area contributed by atoms with Crippen molar-refractivity contribution in [3.63, 3.8) is 0 Å². The molecule has 8 heteroatoms. The zero-order chi connectivity index (χ0) is 20.3. The lowest BCUT2D eigenvalue weighted by molar-refractivity contribution is -0.120. The summed E-state index contributed by atoms with van der Waals surface area (Å²) >= 11 is 0. The van der Waals surface area contributed by atoms with Gasteiger partial charge in [-0.3, -0.25) is 4.79 Å². The van der Waals surface area contributed by atoms with Gasteiger partial charge in [0.1, 0.15) is 6.54 Å². The number of aliphatic imine (C=N–C) groups is 1. The lowest BCUT2D eigenvalue weighted by Crippen LogP contribution is -2.41. The number of carbonyl (C=O) groups is 1. The average molecular weight is 524 g/mol. The third kappa shape index (κ3) is 7.97. The largest absolute Gasteiger partial charge is 0.357 e. The number of hydrogen-bond donors (Lipinski definition) is 3. The van der Waals surface area contributed by atoms with Crippen molar-refractivity contribution in [1.82, 2.24) is 25.7 Å². The molecule has 1 heterocycles. The molecule has 3 rings (SSSR count). The zero-order valence-electron chi connectivity index (χ0n) is 17.6. The molecule has 0 unspecified atom stereocenters. The van der Waals surface area contributed by atoms with Crippen LogP contribution in [-0.4, -0.2) is 47.3 Å². The molecular formula is C22H33IN6O. The number of hydrogen-bond acceptors (Lipinski definition) is 3. The van der Waals surface area contributed by atoms with Crippen LogP contribution in [0.2, 0.25) is 0 Å². The second-order valence-electron chi connectivity index (χ2n) is 7.39. The van der Waals surface area contributed by atoms with Gasteiger partial charge in [0.05, 0.1) is 5.69 Å². The van der Waals surface area contributed by atoms with Crippen LogP contribution in [0.4, 0.5) is 0 Å². The Balaban J connectivity index is 0.00000320. The van der Waals surface area contributed by atoms with Crippen molar-refractivity contribution < 1.29 is 4.79 Å². The lowest BCUT2D eigenvalue weighted by atomic mass is 9.95. The SMILES string of the molecule is CCNC(=NCC(=O)NC1CCCCC1)NCCc1ccc(-n2cccn2)cc1.I. The summed E-state index contributed by atoms with van der Waals surface area (Å²) in [6.07, 6.45) is 10.5. The average Bonchev–Trinajstić information content (AvgIpc) is 3.28. The van der Waals surface area contributed by atoms with Crippen molar-refractivity contribution in [2.45, 2.75) is 51.5 Å². The summed E-state index contributed by atoms with van der Waals surface area (Å²) in [6, 6.07) is 10.6. The molecule has 1 aliphatic rings. The van der Waals surface area contributed by atoms with Gasteiger partial charge in [-0.1, -0.05) is 31.4 Å². The van der Waals surface area contributed by atoms with Gasteiger partial charge < -0.3 is 16.0 Å². The minimum Gasteiger partial charge on any atom is -0.357 e. The highest BCUT2D eigenvalue weighted by molar-refractivity contribution is 14.0. The molecule has 1 amide bonds. The van der Waals surface area contributed by atoms with Crippen LogP contribution in [0.25, 0.3) is 5.69 Å². The highest BCUT2D eigenvalue weighted by Crippen LogP contribution is 2.17. The summed E-state index contributed by atoms with van der Waals surface area (Å²) in [6.45, 7) is 3.68. The van der Waals surface area contributed by atoms with E-state index in [4.69, 9.17) is 0 Å². The molecular weight excluding hydrogens is 491 g/mol. The second kappa shape index (κ2) is 13.3. The summed E-state index contributed by atoms with van der Waals surface area (Å²) < 4.78 is 1.84. The minimum absolute atomic E-state index is 0. The van der Waals surface area contributed by atoms with Gasteiger partial charge in [-0.2, -0.15) is 5.10 Å². The number of guanidine groups is 1. The molecule has 164 valence electrons. The van der Waals surface area contributed by atoms with Crippen LogP contribution >= 0.6 is 24.0 Å². The Hall–Kier alpha value is -2.10. The van der Waals surface area contributed by atoms with Crippen LogP contribution in [-0.2, 0) is 11.2 Å². The first kappa shape index (κ1) is 24.2. The van der Waals surface area contributed by atoms with Gasteiger partial charge in [0.15, 0.2) is 5.96 Å². The van der Waals surface area contributed by atoms with Crippen molar-refractivity contribution in [1.29, 1.82) is 0 Å². The molecule has 0 spiro atoms. The van der Waals surface area contributed by atoms with Crippen molar-refractivity contribution >= 4 is 35.8 Å². The first-order chi connectivity index (χ1) is 14.2. The van der Waals surface area contributed by atoms with E-state index in [0.717, 1.165) is 38.0 Å². The van der Waals surface area contributed by atoms with Crippen LogP contribution in [0.1, 0.15) is 44.6 Å².